The molecule has 2 aromatic rings. The van der Waals surface area contributed by atoms with Crippen molar-refractivity contribution >= 4 is 6.03 Å². The Hall–Kier alpha value is -2.40. The Kier molecular flexibility index (Phi) is 4.89. The predicted octanol–water partition coefficient (Wildman–Crippen LogP) is 3.09. The second-order valence-electron chi connectivity index (χ2n) is 7.14. The van der Waals surface area contributed by atoms with Gasteiger partial charge in [0.15, 0.2) is 0 Å². The van der Waals surface area contributed by atoms with Gasteiger partial charge in [-0.2, -0.15) is 0 Å². The average molecular weight is 353 g/mol. The van der Waals surface area contributed by atoms with Crippen molar-refractivity contribution in [2.75, 3.05) is 26.2 Å². The minimum absolute atomic E-state index is 0.0410. The van der Waals surface area contributed by atoms with Crippen LogP contribution in [-0.4, -0.2) is 37.1 Å². The van der Waals surface area contributed by atoms with Crippen molar-refractivity contribution in [1.82, 2.24) is 15.5 Å². The first kappa shape index (κ1) is 17.0. The first-order chi connectivity index (χ1) is 12.7. The van der Waals surface area contributed by atoms with Gasteiger partial charge in [-0.1, -0.05) is 36.4 Å². The summed E-state index contributed by atoms with van der Waals surface area (Å²) in [5.41, 5.74) is 3.32. The molecule has 2 aliphatic heterocycles. The van der Waals surface area contributed by atoms with E-state index >= 15 is 0 Å². The van der Waals surface area contributed by atoms with Crippen LogP contribution in [0.4, 0.5) is 9.18 Å². The summed E-state index contributed by atoms with van der Waals surface area (Å²) in [5, 5.41) is 6.44. The number of halogens is 1. The molecule has 4 nitrogen and oxygen atoms in total. The number of amides is 2. The SMILES string of the molecule is O=C(NC[C@@H]1CCNC1)N1CCc2ccccc2[C@@H]1c1ccc(F)cc1. The zero-order chi connectivity index (χ0) is 17.9. The zero-order valence-corrected chi connectivity index (χ0v) is 14.7. The van der Waals surface area contributed by atoms with E-state index in [-0.39, 0.29) is 17.9 Å². The maximum atomic E-state index is 13.4. The van der Waals surface area contributed by atoms with Crippen molar-refractivity contribution in [1.29, 1.82) is 0 Å². The maximum Gasteiger partial charge on any atom is 0.318 e. The molecule has 0 spiro atoms. The molecule has 0 saturated carbocycles. The first-order valence-electron chi connectivity index (χ1n) is 9.31. The van der Waals surface area contributed by atoms with E-state index in [4.69, 9.17) is 0 Å². The molecule has 2 aliphatic rings. The van der Waals surface area contributed by atoms with Gasteiger partial charge in [0, 0.05) is 13.1 Å². The highest BCUT2D eigenvalue weighted by atomic mass is 19.1. The third kappa shape index (κ3) is 3.44. The van der Waals surface area contributed by atoms with Gasteiger partial charge in [0.1, 0.15) is 5.82 Å². The fraction of sp³-hybridized carbons (Fsp3) is 0.381. The number of fused-ring (bicyclic) bond motifs is 1. The third-order valence-electron chi connectivity index (χ3n) is 5.43. The number of rotatable bonds is 3. The van der Waals surface area contributed by atoms with Gasteiger partial charge in [-0.15, -0.1) is 0 Å². The van der Waals surface area contributed by atoms with Crippen molar-refractivity contribution in [2.24, 2.45) is 5.92 Å². The molecule has 0 aromatic heterocycles. The highest BCUT2D eigenvalue weighted by molar-refractivity contribution is 5.76. The zero-order valence-electron chi connectivity index (χ0n) is 14.7. The Bertz CT molecular complexity index is 771. The van der Waals surface area contributed by atoms with Crippen molar-refractivity contribution in [3.8, 4) is 0 Å². The smallest absolute Gasteiger partial charge is 0.318 e. The van der Waals surface area contributed by atoms with E-state index < -0.39 is 0 Å². The Balaban J connectivity index is 1.59. The van der Waals surface area contributed by atoms with Gasteiger partial charge in [0.05, 0.1) is 6.04 Å². The first-order valence-corrected chi connectivity index (χ1v) is 9.31. The molecule has 26 heavy (non-hydrogen) atoms. The second kappa shape index (κ2) is 7.46. The number of carbonyl (C=O) groups excluding carboxylic acids is 1. The Morgan fingerprint density at radius 3 is 2.77 bits per heavy atom. The molecule has 2 amide bonds. The molecule has 0 unspecified atom stereocenters. The Morgan fingerprint density at radius 1 is 1.19 bits per heavy atom. The van der Waals surface area contributed by atoms with Crippen LogP contribution < -0.4 is 10.6 Å². The van der Waals surface area contributed by atoms with Crippen molar-refractivity contribution in [3.63, 3.8) is 0 Å². The van der Waals surface area contributed by atoms with E-state index in [9.17, 15) is 9.18 Å². The van der Waals surface area contributed by atoms with Crippen LogP contribution >= 0.6 is 0 Å². The predicted molar refractivity (Wildman–Crippen MR) is 99.5 cm³/mol. The lowest BCUT2D eigenvalue weighted by atomic mass is 9.88. The summed E-state index contributed by atoms with van der Waals surface area (Å²) in [6, 6.07) is 14.5. The molecule has 0 aliphatic carbocycles. The fourth-order valence-electron chi connectivity index (χ4n) is 4.01. The van der Waals surface area contributed by atoms with E-state index in [1.54, 1.807) is 12.1 Å². The number of hydrogen-bond donors (Lipinski definition) is 2. The lowest BCUT2D eigenvalue weighted by Crippen LogP contribution is -2.47. The number of nitrogens with zero attached hydrogens (tertiary/aromatic N) is 1. The molecule has 2 heterocycles. The van der Waals surface area contributed by atoms with E-state index in [2.05, 4.69) is 22.8 Å². The molecule has 1 saturated heterocycles. The summed E-state index contributed by atoms with van der Waals surface area (Å²) in [5.74, 6) is 0.239. The summed E-state index contributed by atoms with van der Waals surface area (Å²) >= 11 is 0. The van der Waals surface area contributed by atoms with Crippen LogP contribution in [0.5, 0.6) is 0 Å². The van der Waals surface area contributed by atoms with E-state index in [1.807, 2.05) is 17.0 Å². The Morgan fingerprint density at radius 2 is 2.00 bits per heavy atom. The highest BCUT2D eigenvalue weighted by Crippen LogP contribution is 2.35. The van der Waals surface area contributed by atoms with Crippen molar-refractivity contribution in [3.05, 3.63) is 71.0 Å². The number of carbonyl (C=O) groups is 1. The number of hydrogen-bond acceptors (Lipinski definition) is 2. The maximum absolute atomic E-state index is 13.4. The largest absolute Gasteiger partial charge is 0.338 e. The minimum atomic E-state index is -0.262. The van der Waals surface area contributed by atoms with Gasteiger partial charge in [-0.25, -0.2) is 9.18 Å². The lowest BCUT2D eigenvalue weighted by Gasteiger charge is -2.38. The van der Waals surface area contributed by atoms with Crippen molar-refractivity contribution < 1.29 is 9.18 Å². The normalized spacial score (nSPS) is 22.1. The highest BCUT2D eigenvalue weighted by Gasteiger charge is 2.32. The van der Waals surface area contributed by atoms with E-state index in [0.29, 0.717) is 19.0 Å². The molecule has 0 radical (unpaired) electrons. The molecule has 0 bridgehead atoms. The molecule has 5 heteroatoms. The molecule has 2 N–H and O–H groups in total. The van der Waals surface area contributed by atoms with Crippen molar-refractivity contribution in [2.45, 2.75) is 18.9 Å². The van der Waals surface area contributed by atoms with Gasteiger partial charge >= 0.3 is 6.03 Å². The van der Waals surface area contributed by atoms with E-state index in [1.165, 1.54) is 17.7 Å². The molecule has 1 fully saturated rings. The molecule has 2 atom stereocenters. The summed E-state index contributed by atoms with van der Waals surface area (Å²) in [6.45, 7) is 3.34. The molecule has 4 rings (SSSR count). The molecular weight excluding hydrogens is 329 g/mol. The van der Waals surface area contributed by atoms with Crippen LogP contribution in [-0.2, 0) is 6.42 Å². The number of benzene rings is 2. The second-order valence-corrected chi connectivity index (χ2v) is 7.14. The van der Waals surface area contributed by atoms with Gasteiger partial charge < -0.3 is 15.5 Å². The quantitative estimate of drug-likeness (QED) is 0.891. The molecule has 2 aromatic carbocycles. The van der Waals surface area contributed by atoms with Crippen LogP contribution in [0, 0.1) is 11.7 Å². The topological polar surface area (TPSA) is 44.4 Å². The van der Waals surface area contributed by atoms with Crippen LogP contribution in [0.1, 0.15) is 29.2 Å². The average Bonchev–Trinajstić information content (AvgIpc) is 3.19. The van der Waals surface area contributed by atoms with Gasteiger partial charge in [-0.05, 0) is 60.7 Å². The standard InChI is InChI=1S/C21H24FN3O/c22-18-7-5-17(6-8-18)20-19-4-2-1-3-16(19)10-12-25(20)21(26)24-14-15-9-11-23-13-15/h1-8,15,20,23H,9-14H2,(H,24,26)/t15-,20+/m1/s1. The third-order valence-corrected chi connectivity index (χ3v) is 5.43. The Labute approximate surface area is 153 Å². The summed E-state index contributed by atoms with van der Waals surface area (Å²) in [7, 11) is 0. The lowest BCUT2D eigenvalue weighted by molar-refractivity contribution is 0.178. The van der Waals surface area contributed by atoms with E-state index in [0.717, 1.165) is 37.1 Å². The minimum Gasteiger partial charge on any atom is -0.338 e. The van der Waals surface area contributed by atoms with Gasteiger partial charge in [0.25, 0.3) is 0 Å². The number of nitrogens with one attached hydrogen (secondary N) is 2. The van der Waals surface area contributed by atoms with Crippen LogP contribution in [0.25, 0.3) is 0 Å². The van der Waals surface area contributed by atoms with Gasteiger partial charge in [0.2, 0.25) is 0 Å². The van der Waals surface area contributed by atoms with Gasteiger partial charge in [-0.3, -0.25) is 0 Å². The fourth-order valence-corrected chi connectivity index (χ4v) is 4.01. The van der Waals surface area contributed by atoms with Crippen LogP contribution in [0.2, 0.25) is 0 Å². The van der Waals surface area contributed by atoms with Crippen LogP contribution in [0.15, 0.2) is 48.5 Å². The number of urea groups is 1. The van der Waals surface area contributed by atoms with Crippen LogP contribution in [0.3, 0.4) is 0 Å². The molecule has 136 valence electrons. The summed E-state index contributed by atoms with van der Waals surface area (Å²) < 4.78 is 13.4. The monoisotopic (exact) mass is 353 g/mol. The molecular formula is C21H24FN3O. The summed E-state index contributed by atoms with van der Waals surface area (Å²) in [6.07, 6.45) is 1.94. The summed E-state index contributed by atoms with van der Waals surface area (Å²) in [4.78, 5) is 14.8.